The Kier molecular flexibility index (Phi) is 4.93. The van der Waals surface area contributed by atoms with Gasteiger partial charge in [0, 0.05) is 6.08 Å². The first kappa shape index (κ1) is 15.3. The Hall–Kier alpha value is -3.08. The fourth-order valence-corrected chi connectivity index (χ4v) is 1.81. The van der Waals surface area contributed by atoms with Crippen molar-refractivity contribution >= 4 is 17.9 Å². The first-order chi connectivity index (χ1) is 10.6. The van der Waals surface area contributed by atoms with Crippen LogP contribution in [0.5, 0.6) is 5.75 Å². The van der Waals surface area contributed by atoms with Crippen LogP contribution in [0.15, 0.2) is 54.6 Å². The Morgan fingerprint density at radius 1 is 1.00 bits per heavy atom. The normalized spacial score (nSPS) is 10.4. The number of carbonyl (C=O) groups excluding carboxylic acids is 2. The van der Waals surface area contributed by atoms with Crippen molar-refractivity contribution in [3.8, 4) is 5.75 Å². The summed E-state index contributed by atoms with van der Waals surface area (Å²) in [7, 11) is 0. The van der Waals surface area contributed by atoms with Crippen LogP contribution >= 0.6 is 0 Å². The van der Waals surface area contributed by atoms with Crippen molar-refractivity contribution in [2.24, 2.45) is 0 Å². The summed E-state index contributed by atoms with van der Waals surface area (Å²) >= 11 is 0. The van der Waals surface area contributed by atoms with Gasteiger partial charge >= 0.3 is 0 Å². The Morgan fingerprint density at radius 2 is 1.73 bits per heavy atom. The SMILES string of the molecule is Cc1cccc(C(=O)NNC(=O)C=Cc2ccccc2)c1O. The summed E-state index contributed by atoms with van der Waals surface area (Å²) in [5, 5.41) is 9.80. The molecular formula is C17H16N2O3. The molecule has 3 N–H and O–H groups in total. The van der Waals surface area contributed by atoms with Gasteiger partial charge in [-0.2, -0.15) is 0 Å². The first-order valence-electron chi connectivity index (χ1n) is 6.70. The maximum atomic E-state index is 11.9. The van der Waals surface area contributed by atoms with Gasteiger partial charge in [-0.1, -0.05) is 42.5 Å². The fourth-order valence-electron chi connectivity index (χ4n) is 1.81. The number of amides is 2. The number of nitrogens with one attached hydrogen (secondary N) is 2. The zero-order valence-electron chi connectivity index (χ0n) is 12.0. The molecule has 0 bridgehead atoms. The van der Waals surface area contributed by atoms with Crippen molar-refractivity contribution < 1.29 is 14.7 Å². The molecule has 2 aromatic rings. The zero-order valence-corrected chi connectivity index (χ0v) is 12.0. The molecule has 0 spiro atoms. The highest BCUT2D eigenvalue weighted by Gasteiger charge is 2.12. The summed E-state index contributed by atoms with van der Waals surface area (Å²) in [5.41, 5.74) is 6.08. The predicted molar refractivity (Wildman–Crippen MR) is 83.9 cm³/mol. The Bertz CT molecular complexity index is 709. The molecule has 0 unspecified atom stereocenters. The lowest BCUT2D eigenvalue weighted by Gasteiger charge is -2.08. The summed E-state index contributed by atoms with van der Waals surface area (Å²) in [6.07, 6.45) is 2.94. The van der Waals surface area contributed by atoms with Crippen LogP contribution in [-0.4, -0.2) is 16.9 Å². The van der Waals surface area contributed by atoms with Crippen LogP contribution in [0.4, 0.5) is 0 Å². The average Bonchev–Trinajstić information content (AvgIpc) is 2.54. The summed E-state index contributed by atoms with van der Waals surface area (Å²) in [6.45, 7) is 1.69. The van der Waals surface area contributed by atoms with Crippen LogP contribution in [0.2, 0.25) is 0 Å². The number of benzene rings is 2. The molecule has 5 nitrogen and oxygen atoms in total. The molecule has 0 aliphatic carbocycles. The minimum Gasteiger partial charge on any atom is -0.507 e. The van der Waals surface area contributed by atoms with Crippen molar-refractivity contribution in [1.82, 2.24) is 10.9 Å². The second-order valence-corrected chi connectivity index (χ2v) is 4.66. The number of phenols is 1. The molecule has 112 valence electrons. The molecule has 2 aromatic carbocycles. The molecular weight excluding hydrogens is 280 g/mol. The molecule has 0 saturated heterocycles. The topological polar surface area (TPSA) is 78.4 Å². The van der Waals surface area contributed by atoms with Gasteiger partial charge in [0.2, 0.25) is 0 Å². The summed E-state index contributed by atoms with van der Waals surface area (Å²) < 4.78 is 0. The van der Waals surface area contributed by atoms with Gasteiger partial charge in [0.25, 0.3) is 11.8 Å². The third-order valence-corrected chi connectivity index (χ3v) is 3.01. The number of rotatable bonds is 3. The van der Waals surface area contributed by atoms with Crippen LogP contribution in [0.25, 0.3) is 6.08 Å². The highest BCUT2D eigenvalue weighted by Crippen LogP contribution is 2.20. The lowest BCUT2D eigenvalue weighted by atomic mass is 10.1. The van der Waals surface area contributed by atoms with Crippen LogP contribution in [-0.2, 0) is 4.79 Å². The van der Waals surface area contributed by atoms with Gasteiger partial charge in [-0.05, 0) is 30.2 Å². The molecule has 0 atom stereocenters. The minimum atomic E-state index is -0.581. The van der Waals surface area contributed by atoms with E-state index in [1.165, 1.54) is 12.1 Å². The Labute approximate surface area is 128 Å². The van der Waals surface area contributed by atoms with Crippen LogP contribution in [0.3, 0.4) is 0 Å². The van der Waals surface area contributed by atoms with Crippen molar-refractivity contribution in [2.45, 2.75) is 6.92 Å². The number of hydrazine groups is 1. The maximum absolute atomic E-state index is 11.9. The highest BCUT2D eigenvalue weighted by atomic mass is 16.3. The number of phenolic OH excluding ortho intramolecular Hbond substituents is 1. The van der Waals surface area contributed by atoms with Crippen molar-refractivity contribution in [2.75, 3.05) is 0 Å². The number of aromatic hydroxyl groups is 1. The average molecular weight is 296 g/mol. The summed E-state index contributed by atoms with van der Waals surface area (Å²) in [4.78, 5) is 23.5. The first-order valence-corrected chi connectivity index (χ1v) is 6.70. The smallest absolute Gasteiger partial charge is 0.273 e. The largest absolute Gasteiger partial charge is 0.507 e. The number of hydrogen-bond donors (Lipinski definition) is 3. The van der Waals surface area contributed by atoms with Gasteiger partial charge in [-0.3, -0.25) is 20.4 Å². The fraction of sp³-hybridized carbons (Fsp3) is 0.0588. The van der Waals surface area contributed by atoms with E-state index in [0.29, 0.717) is 5.56 Å². The molecule has 0 fully saturated rings. The van der Waals surface area contributed by atoms with Gasteiger partial charge in [-0.15, -0.1) is 0 Å². The molecule has 0 saturated carbocycles. The maximum Gasteiger partial charge on any atom is 0.273 e. The molecule has 0 radical (unpaired) electrons. The van der Waals surface area contributed by atoms with E-state index in [1.807, 2.05) is 30.3 Å². The van der Waals surface area contributed by atoms with E-state index in [9.17, 15) is 14.7 Å². The van der Waals surface area contributed by atoms with E-state index in [-0.39, 0.29) is 11.3 Å². The van der Waals surface area contributed by atoms with Crippen molar-refractivity contribution in [1.29, 1.82) is 0 Å². The van der Waals surface area contributed by atoms with Crippen molar-refractivity contribution in [3.63, 3.8) is 0 Å². The second-order valence-electron chi connectivity index (χ2n) is 4.66. The summed E-state index contributed by atoms with van der Waals surface area (Å²) in [6, 6.07) is 14.1. The van der Waals surface area contributed by atoms with Crippen LogP contribution in [0.1, 0.15) is 21.5 Å². The molecule has 0 aromatic heterocycles. The molecule has 5 heteroatoms. The number of hydrogen-bond acceptors (Lipinski definition) is 3. The van der Waals surface area contributed by atoms with E-state index in [0.717, 1.165) is 5.56 Å². The van der Waals surface area contributed by atoms with Gasteiger partial charge in [0.15, 0.2) is 0 Å². The van der Waals surface area contributed by atoms with Gasteiger partial charge in [-0.25, -0.2) is 0 Å². The number of para-hydroxylation sites is 1. The lowest BCUT2D eigenvalue weighted by molar-refractivity contribution is -0.117. The molecule has 0 aliphatic heterocycles. The molecule has 2 amide bonds. The minimum absolute atomic E-state index is 0.103. The van der Waals surface area contributed by atoms with E-state index < -0.39 is 11.8 Å². The second kappa shape index (κ2) is 7.08. The van der Waals surface area contributed by atoms with Gasteiger partial charge in [0.05, 0.1) is 5.56 Å². The number of carbonyl (C=O) groups is 2. The quantitative estimate of drug-likeness (QED) is 0.600. The Balaban J connectivity index is 1.92. The van der Waals surface area contributed by atoms with Crippen LogP contribution < -0.4 is 10.9 Å². The van der Waals surface area contributed by atoms with E-state index in [4.69, 9.17) is 0 Å². The van der Waals surface area contributed by atoms with Gasteiger partial charge in [0.1, 0.15) is 5.75 Å². The highest BCUT2D eigenvalue weighted by molar-refractivity contribution is 5.99. The predicted octanol–water partition coefficient (Wildman–Crippen LogP) is 2.18. The van der Waals surface area contributed by atoms with Crippen LogP contribution in [0, 0.1) is 6.92 Å². The zero-order chi connectivity index (χ0) is 15.9. The van der Waals surface area contributed by atoms with Crippen molar-refractivity contribution in [3.05, 3.63) is 71.3 Å². The Morgan fingerprint density at radius 3 is 2.45 bits per heavy atom. The molecule has 22 heavy (non-hydrogen) atoms. The third-order valence-electron chi connectivity index (χ3n) is 3.01. The lowest BCUT2D eigenvalue weighted by Crippen LogP contribution is -2.40. The molecule has 0 aliphatic rings. The monoisotopic (exact) mass is 296 g/mol. The molecule has 2 rings (SSSR count). The van der Waals surface area contributed by atoms with E-state index in [2.05, 4.69) is 10.9 Å². The third kappa shape index (κ3) is 3.96. The molecule has 0 heterocycles. The van der Waals surface area contributed by atoms with E-state index >= 15 is 0 Å². The standard InChI is InChI=1S/C17H16N2O3/c1-12-6-5-9-14(16(12)21)17(22)19-18-15(20)11-10-13-7-3-2-4-8-13/h2-11,21H,1H3,(H,18,20)(H,19,22). The van der Waals surface area contributed by atoms with Gasteiger partial charge < -0.3 is 5.11 Å². The van der Waals surface area contributed by atoms with E-state index in [1.54, 1.807) is 25.1 Å². The number of aryl methyl sites for hydroxylation is 1. The summed E-state index contributed by atoms with van der Waals surface area (Å²) in [5.74, 6) is -1.15.